The molecule has 17 nitrogen and oxygen atoms in total. The first-order valence-electron chi connectivity index (χ1n) is 20.2. The third-order valence-electron chi connectivity index (χ3n) is 10.1. The number of amides is 6. The number of nitrogens with zero attached hydrogens (tertiary/aromatic N) is 1. The zero-order valence-corrected chi connectivity index (χ0v) is 34.9. The Bertz CT molecular complexity index is 2000. The molecule has 0 fully saturated rings. The van der Waals surface area contributed by atoms with Crippen LogP contribution in [0.5, 0.6) is 0 Å². The SMILES string of the molecule is CC[C@H](C)CNC(=O)[C@H](CCCN=C(N)N)NC(=O)[C@H](CC(=O)O)NC(=O)[C@@H](NC(=O)[C@H](C)NC(=O)Cc1ccc(NC(=O)c2ccc3ccccc3c2)cc1)[C@@H](C)CC. The van der Waals surface area contributed by atoms with Gasteiger partial charge in [-0.2, -0.15) is 0 Å². The maximum atomic E-state index is 13.7. The third-order valence-corrected chi connectivity index (χ3v) is 10.1. The van der Waals surface area contributed by atoms with Crippen LogP contribution in [0.2, 0.25) is 0 Å². The van der Waals surface area contributed by atoms with E-state index < -0.39 is 72.0 Å². The molecule has 0 spiro atoms. The maximum Gasteiger partial charge on any atom is 0.305 e. The van der Waals surface area contributed by atoms with Crippen molar-refractivity contribution >= 4 is 63.8 Å². The molecule has 0 bridgehead atoms. The molecule has 3 aromatic rings. The van der Waals surface area contributed by atoms with E-state index in [9.17, 15) is 38.7 Å². The molecule has 60 heavy (non-hydrogen) atoms. The molecule has 0 saturated carbocycles. The van der Waals surface area contributed by atoms with Crippen LogP contribution < -0.4 is 43.4 Å². The molecular weight excluding hydrogens is 771 g/mol. The van der Waals surface area contributed by atoms with Gasteiger partial charge in [-0.25, -0.2) is 0 Å². The smallest absolute Gasteiger partial charge is 0.305 e. The molecule has 6 atom stereocenters. The van der Waals surface area contributed by atoms with Gasteiger partial charge in [0.05, 0.1) is 12.8 Å². The molecule has 0 aromatic heterocycles. The Morgan fingerprint density at radius 2 is 1.40 bits per heavy atom. The summed E-state index contributed by atoms with van der Waals surface area (Å²) in [5.74, 6) is -5.50. The normalized spacial score (nSPS) is 13.9. The fourth-order valence-electron chi connectivity index (χ4n) is 6.00. The van der Waals surface area contributed by atoms with Gasteiger partial charge in [-0.15, -0.1) is 0 Å². The number of benzene rings is 3. The monoisotopic (exact) mass is 829 g/mol. The summed E-state index contributed by atoms with van der Waals surface area (Å²) in [5.41, 5.74) is 12.4. The molecule has 3 rings (SSSR count). The summed E-state index contributed by atoms with van der Waals surface area (Å²) in [6.45, 7) is 9.38. The predicted molar refractivity (Wildman–Crippen MR) is 230 cm³/mol. The quantitative estimate of drug-likeness (QED) is 0.0382. The van der Waals surface area contributed by atoms with E-state index in [4.69, 9.17) is 11.5 Å². The molecule has 11 N–H and O–H groups in total. The highest BCUT2D eigenvalue weighted by Crippen LogP contribution is 2.18. The van der Waals surface area contributed by atoms with Crippen LogP contribution >= 0.6 is 0 Å². The van der Waals surface area contributed by atoms with Gasteiger partial charge >= 0.3 is 5.97 Å². The highest BCUT2D eigenvalue weighted by Gasteiger charge is 2.33. The lowest BCUT2D eigenvalue weighted by Crippen LogP contribution is -2.59. The minimum absolute atomic E-state index is 0.0806. The van der Waals surface area contributed by atoms with Crippen LogP contribution in [-0.2, 0) is 35.2 Å². The topological polar surface area (TPSA) is 276 Å². The number of guanidine groups is 1. The van der Waals surface area contributed by atoms with Gasteiger partial charge in [-0.3, -0.25) is 38.6 Å². The number of nitrogens with one attached hydrogen (secondary N) is 6. The van der Waals surface area contributed by atoms with Crippen molar-refractivity contribution in [2.75, 3.05) is 18.4 Å². The van der Waals surface area contributed by atoms with Crippen LogP contribution in [0.15, 0.2) is 71.7 Å². The first kappa shape index (κ1) is 47.9. The number of aliphatic carboxylic acids is 1. The minimum Gasteiger partial charge on any atom is -0.481 e. The van der Waals surface area contributed by atoms with Crippen molar-refractivity contribution in [1.82, 2.24) is 26.6 Å². The van der Waals surface area contributed by atoms with Crippen molar-refractivity contribution in [3.05, 3.63) is 77.9 Å². The average molecular weight is 830 g/mol. The Morgan fingerprint density at radius 1 is 0.733 bits per heavy atom. The number of hydrogen-bond donors (Lipinski definition) is 9. The van der Waals surface area contributed by atoms with E-state index >= 15 is 0 Å². The fraction of sp³-hybridized carbons (Fsp3) is 0.442. The summed E-state index contributed by atoms with van der Waals surface area (Å²) >= 11 is 0. The Labute approximate surface area is 350 Å². The van der Waals surface area contributed by atoms with Gasteiger partial charge in [-0.05, 0) is 72.2 Å². The summed E-state index contributed by atoms with van der Waals surface area (Å²) in [4.78, 5) is 95.2. The van der Waals surface area contributed by atoms with Crippen molar-refractivity contribution in [2.45, 2.75) is 97.3 Å². The fourth-order valence-corrected chi connectivity index (χ4v) is 6.00. The summed E-state index contributed by atoms with van der Waals surface area (Å²) in [6, 6.07) is 14.9. The molecule has 0 aliphatic carbocycles. The molecule has 0 heterocycles. The van der Waals surface area contributed by atoms with Gasteiger partial charge in [0.1, 0.15) is 24.2 Å². The van der Waals surface area contributed by atoms with Gasteiger partial charge in [0.25, 0.3) is 5.91 Å². The molecule has 3 aromatic carbocycles. The first-order chi connectivity index (χ1) is 28.5. The number of rotatable bonds is 23. The maximum absolute atomic E-state index is 13.7. The molecule has 0 aliphatic heterocycles. The van der Waals surface area contributed by atoms with E-state index in [1.807, 2.05) is 50.2 Å². The van der Waals surface area contributed by atoms with E-state index in [1.165, 1.54) is 6.92 Å². The Hall–Kier alpha value is -6.52. The number of hydrogen-bond acceptors (Lipinski definition) is 8. The van der Waals surface area contributed by atoms with Crippen molar-refractivity contribution in [3.63, 3.8) is 0 Å². The lowest BCUT2D eigenvalue weighted by Gasteiger charge is -2.28. The minimum atomic E-state index is -1.60. The second-order valence-electron chi connectivity index (χ2n) is 15.0. The molecule has 0 unspecified atom stereocenters. The predicted octanol–water partition coefficient (Wildman–Crippen LogP) is 2.33. The van der Waals surface area contributed by atoms with Crippen LogP contribution in [-0.4, -0.2) is 89.7 Å². The number of carboxylic acids is 1. The van der Waals surface area contributed by atoms with Crippen LogP contribution in [0.1, 0.15) is 82.6 Å². The second kappa shape index (κ2) is 23.8. The lowest BCUT2D eigenvalue weighted by molar-refractivity contribution is -0.141. The van der Waals surface area contributed by atoms with Gasteiger partial charge in [0.2, 0.25) is 29.5 Å². The number of carboxylic acid groups (broad SMARTS) is 1. The molecule has 0 radical (unpaired) electrons. The lowest BCUT2D eigenvalue weighted by atomic mass is 9.97. The van der Waals surface area contributed by atoms with Gasteiger partial charge in [-0.1, -0.05) is 83.0 Å². The van der Waals surface area contributed by atoms with Gasteiger partial charge in [0.15, 0.2) is 5.96 Å². The highest BCUT2D eigenvalue weighted by molar-refractivity contribution is 6.06. The van der Waals surface area contributed by atoms with Gasteiger partial charge in [0, 0.05) is 24.3 Å². The Morgan fingerprint density at radius 3 is 2.03 bits per heavy atom. The molecule has 17 heteroatoms. The molecule has 324 valence electrons. The average Bonchev–Trinajstić information content (AvgIpc) is 3.22. The number of carbonyl (C=O) groups excluding carboxylic acids is 6. The molecule has 0 saturated heterocycles. The summed E-state index contributed by atoms with van der Waals surface area (Å²) < 4.78 is 0. The molecule has 0 aliphatic rings. The van der Waals surface area contributed by atoms with Crippen molar-refractivity contribution in [3.8, 4) is 0 Å². The molecule has 6 amide bonds. The zero-order valence-electron chi connectivity index (χ0n) is 34.9. The largest absolute Gasteiger partial charge is 0.481 e. The van der Waals surface area contributed by atoms with E-state index in [0.29, 0.717) is 36.2 Å². The van der Waals surface area contributed by atoms with Crippen LogP contribution in [0.3, 0.4) is 0 Å². The summed E-state index contributed by atoms with van der Waals surface area (Å²) in [5, 5.41) is 27.5. The zero-order chi connectivity index (χ0) is 44.4. The highest BCUT2D eigenvalue weighted by atomic mass is 16.4. The Kier molecular flexibility index (Phi) is 19.0. The van der Waals surface area contributed by atoms with E-state index in [2.05, 4.69) is 36.9 Å². The number of fused-ring (bicyclic) bond motifs is 1. The summed E-state index contributed by atoms with van der Waals surface area (Å²) in [7, 11) is 0. The summed E-state index contributed by atoms with van der Waals surface area (Å²) in [6.07, 6.45) is 0.766. The number of aliphatic imine (C=N–C) groups is 1. The van der Waals surface area contributed by atoms with Gasteiger partial charge < -0.3 is 48.5 Å². The van der Waals surface area contributed by atoms with Crippen molar-refractivity contribution in [2.24, 2.45) is 28.3 Å². The second-order valence-corrected chi connectivity index (χ2v) is 15.0. The van der Waals surface area contributed by atoms with Crippen LogP contribution in [0.25, 0.3) is 10.8 Å². The molecular formula is C43H59N9O8. The number of carbonyl (C=O) groups is 7. The number of anilines is 1. The van der Waals surface area contributed by atoms with E-state index in [1.54, 1.807) is 44.2 Å². The number of nitrogens with two attached hydrogens (primary N) is 2. The van der Waals surface area contributed by atoms with Crippen LogP contribution in [0, 0.1) is 11.8 Å². The first-order valence-corrected chi connectivity index (χ1v) is 20.2. The Balaban J connectivity index is 1.61. The van der Waals surface area contributed by atoms with E-state index in [-0.39, 0.29) is 37.2 Å². The van der Waals surface area contributed by atoms with Crippen LogP contribution in [0.4, 0.5) is 5.69 Å². The third kappa shape index (κ3) is 15.7. The van der Waals surface area contributed by atoms with Crippen molar-refractivity contribution < 1.29 is 38.7 Å². The standard InChI is InChI=1S/C43H59N9O8/c1-6-25(3)24-47-40(58)33(13-10-20-46-43(44)45)50-41(59)34(23-36(54)55)51-42(60)37(26(4)7-2)52-38(56)27(5)48-35(53)21-28-14-18-32(19-15-28)49-39(57)31-17-16-29-11-8-9-12-30(29)22-31/h8-9,11-12,14-19,22,25-27,33-34,37H,6-7,10,13,20-21,23-24H2,1-5H3,(H,47,58)(H,48,53)(H,49,57)(H,50,59)(H,51,60)(H,52,56)(H,54,55)(H4,44,45,46)/t25-,26-,27-,33-,34-,37-/m0/s1. The van der Waals surface area contributed by atoms with Crippen molar-refractivity contribution in [1.29, 1.82) is 0 Å². The van der Waals surface area contributed by atoms with E-state index in [0.717, 1.165) is 17.2 Å².